The number of amides is 2. The van der Waals surface area contributed by atoms with Crippen LogP contribution in [0.2, 0.25) is 0 Å². The molecule has 5 nitrogen and oxygen atoms in total. The second kappa shape index (κ2) is 9.68. The number of hydrogen-bond acceptors (Lipinski definition) is 3. The summed E-state index contributed by atoms with van der Waals surface area (Å²) < 4.78 is 0. The lowest BCUT2D eigenvalue weighted by Crippen LogP contribution is -2.44. The van der Waals surface area contributed by atoms with E-state index in [1.54, 1.807) is 0 Å². The van der Waals surface area contributed by atoms with Crippen molar-refractivity contribution in [2.24, 2.45) is 5.92 Å². The molecule has 0 saturated carbocycles. The van der Waals surface area contributed by atoms with Crippen LogP contribution in [0.4, 0.5) is 0 Å². The summed E-state index contributed by atoms with van der Waals surface area (Å²) in [7, 11) is 0. The number of rotatable bonds is 5. The van der Waals surface area contributed by atoms with Crippen LogP contribution in [0.15, 0.2) is 48.5 Å². The Labute approximate surface area is 196 Å². The standard InChI is InChI=1S/C28H35N3O2/c32-26(24-5-3-16-29-20-24)30-17-12-21-7-9-23(10-8-21)27(33)31-18-14-28(15-19-31)13-11-22-4-1-2-6-25(22)28/h1-2,4,6-10,24,29H,3,5,11-20H2,(H,30,32). The topological polar surface area (TPSA) is 61.4 Å². The second-order valence-electron chi connectivity index (χ2n) is 10.0. The van der Waals surface area contributed by atoms with Crippen molar-refractivity contribution < 1.29 is 9.59 Å². The highest BCUT2D eigenvalue weighted by atomic mass is 16.2. The van der Waals surface area contributed by atoms with Crippen LogP contribution in [-0.2, 0) is 23.1 Å². The molecule has 1 aliphatic carbocycles. The number of aryl methyl sites for hydroxylation is 1. The van der Waals surface area contributed by atoms with Gasteiger partial charge in [-0.1, -0.05) is 36.4 Å². The number of benzene rings is 2. The van der Waals surface area contributed by atoms with Gasteiger partial charge in [0.2, 0.25) is 5.91 Å². The lowest BCUT2D eigenvalue weighted by Gasteiger charge is -2.40. The molecule has 0 bridgehead atoms. The molecule has 1 unspecified atom stereocenters. The van der Waals surface area contributed by atoms with Crippen molar-refractivity contribution in [2.45, 2.75) is 50.4 Å². The van der Waals surface area contributed by atoms with E-state index in [-0.39, 0.29) is 23.1 Å². The van der Waals surface area contributed by atoms with Crippen molar-refractivity contribution in [2.75, 3.05) is 32.7 Å². The summed E-state index contributed by atoms with van der Waals surface area (Å²) in [6.45, 7) is 4.10. The van der Waals surface area contributed by atoms with Gasteiger partial charge in [-0.15, -0.1) is 0 Å². The summed E-state index contributed by atoms with van der Waals surface area (Å²) in [6, 6.07) is 16.8. The fourth-order valence-corrected chi connectivity index (χ4v) is 5.97. The van der Waals surface area contributed by atoms with E-state index in [9.17, 15) is 9.59 Å². The number of carbonyl (C=O) groups is 2. The molecule has 2 N–H and O–H groups in total. The summed E-state index contributed by atoms with van der Waals surface area (Å²) in [4.78, 5) is 27.4. The van der Waals surface area contributed by atoms with E-state index in [0.717, 1.165) is 69.4 Å². The van der Waals surface area contributed by atoms with Crippen molar-refractivity contribution >= 4 is 11.8 Å². The normalized spacial score (nSPS) is 21.6. The Balaban J connectivity index is 1.11. The third-order valence-electron chi connectivity index (χ3n) is 8.05. The molecule has 3 aliphatic rings. The summed E-state index contributed by atoms with van der Waals surface area (Å²) in [5.74, 6) is 0.391. The number of piperidine rings is 2. The fourth-order valence-electron chi connectivity index (χ4n) is 5.97. The Morgan fingerprint density at radius 1 is 1.03 bits per heavy atom. The van der Waals surface area contributed by atoms with Crippen molar-refractivity contribution in [3.63, 3.8) is 0 Å². The average molecular weight is 446 g/mol. The van der Waals surface area contributed by atoms with Crippen LogP contribution < -0.4 is 10.6 Å². The van der Waals surface area contributed by atoms with Crippen molar-refractivity contribution in [1.29, 1.82) is 0 Å². The molecule has 1 atom stereocenters. The Hall–Kier alpha value is -2.66. The van der Waals surface area contributed by atoms with Gasteiger partial charge in [0.05, 0.1) is 5.92 Å². The van der Waals surface area contributed by atoms with Gasteiger partial charge >= 0.3 is 0 Å². The van der Waals surface area contributed by atoms with E-state index in [1.165, 1.54) is 24.0 Å². The summed E-state index contributed by atoms with van der Waals surface area (Å²) in [6.07, 6.45) is 7.33. The molecular weight excluding hydrogens is 410 g/mol. The second-order valence-corrected chi connectivity index (χ2v) is 10.0. The van der Waals surface area contributed by atoms with Gasteiger partial charge in [0.25, 0.3) is 5.91 Å². The minimum atomic E-state index is 0.0974. The van der Waals surface area contributed by atoms with Gasteiger partial charge in [0.15, 0.2) is 0 Å². The molecule has 0 radical (unpaired) electrons. The van der Waals surface area contributed by atoms with Crippen LogP contribution >= 0.6 is 0 Å². The lowest BCUT2D eigenvalue weighted by atomic mass is 9.74. The first-order valence-electron chi connectivity index (χ1n) is 12.6. The quantitative estimate of drug-likeness (QED) is 0.741. The van der Waals surface area contributed by atoms with Gasteiger partial charge in [-0.2, -0.15) is 0 Å². The smallest absolute Gasteiger partial charge is 0.253 e. The van der Waals surface area contributed by atoms with Crippen LogP contribution in [0.1, 0.15) is 59.2 Å². The first kappa shape index (κ1) is 22.1. The third kappa shape index (κ3) is 4.70. The zero-order valence-corrected chi connectivity index (χ0v) is 19.4. The van der Waals surface area contributed by atoms with Gasteiger partial charge in [-0.25, -0.2) is 0 Å². The van der Waals surface area contributed by atoms with Gasteiger partial charge in [-0.05, 0) is 85.7 Å². The van der Waals surface area contributed by atoms with Gasteiger partial charge in [-0.3, -0.25) is 9.59 Å². The van der Waals surface area contributed by atoms with Crippen molar-refractivity contribution in [3.05, 3.63) is 70.8 Å². The monoisotopic (exact) mass is 445 g/mol. The fraction of sp³-hybridized carbons (Fsp3) is 0.500. The number of nitrogens with one attached hydrogen (secondary N) is 2. The van der Waals surface area contributed by atoms with Gasteiger partial charge in [0.1, 0.15) is 0 Å². The highest BCUT2D eigenvalue weighted by Crippen LogP contribution is 2.46. The summed E-state index contributed by atoms with van der Waals surface area (Å²) in [5, 5.41) is 6.36. The molecule has 2 amide bonds. The minimum absolute atomic E-state index is 0.0974. The van der Waals surface area contributed by atoms with E-state index in [4.69, 9.17) is 0 Å². The molecule has 1 spiro atoms. The molecule has 2 aromatic carbocycles. The number of likely N-dealkylation sites (tertiary alicyclic amines) is 1. The molecule has 5 heteroatoms. The molecule has 5 rings (SSSR count). The van der Waals surface area contributed by atoms with E-state index in [0.29, 0.717) is 6.54 Å². The van der Waals surface area contributed by atoms with Crippen LogP contribution in [0.3, 0.4) is 0 Å². The average Bonchev–Trinajstić information content (AvgIpc) is 3.23. The Kier molecular flexibility index (Phi) is 6.50. The minimum Gasteiger partial charge on any atom is -0.355 e. The molecular formula is C28H35N3O2. The molecule has 2 fully saturated rings. The van der Waals surface area contributed by atoms with Gasteiger partial charge < -0.3 is 15.5 Å². The maximum Gasteiger partial charge on any atom is 0.253 e. The van der Waals surface area contributed by atoms with Crippen molar-refractivity contribution in [1.82, 2.24) is 15.5 Å². The number of hydrogen-bond donors (Lipinski definition) is 2. The molecule has 33 heavy (non-hydrogen) atoms. The highest BCUT2D eigenvalue weighted by molar-refractivity contribution is 5.94. The summed E-state index contributed by atoms with van der Waals surface area (Å²) >= 11 is 0. The molecule has 2 heterocycles. The molecule has 0 aromatic heterocycles. The SMILES string of the molecule is O=C(NCCc1ccc(C(=O)N2CCC3(CCc4ccccc43)CC2)cc1)C1CCCNC1. The zero-order valence-electron chi connectivity index (χ0n) is 19.4. The highest BCUT2D eigenvalue weighted by Gasteiger charge is 2.41. The molecule has 2 saturated heterocycles. The Bertz CT molecular complexity index is 986. The molecule has 2 aliphatic heterocycles. The molecule has 174 valence electrons. The first-order chi connectivity index (χ1) is 16.1. The summed E-state index contributed by atoms with van der Waals surface area (Å²) in [5.41, 5.74) is 5.20. The third-order valence-corrected chi connectivity index (χ3v) is 8.05. The predicted octanol–water partition coefficient (Wildman–Crippen LogP) is 3.47. The van der Waals surface area contributed by atoms with E-state index in [2.05, 4.69) is 34.9 Å². The van der Waals surface area contributed by atoms with Crippen LogP contribution in [0, 0.1) is 5.92 Å². The predicted molar refractivity (Wildman–Crippen MR) is 130 cm³/mol. The number of nitrogens with zero attached hydrogens (tertiary/aromatic N) is 1. The maximum absolute atomic E-state index is 13.1. The van der Waals surface area contributed by atoms with E-state index >= 15 is 0 Å². The van der Waals surface area contributed by atoms with Crippen LogP contribution in [0.5, 0.6) is 0 Å². The van der Waals surface area contributed by atoms with Crippen LogP contribution in [-0.4, -0.2) is 49.4 Å². The van der Waals surface area contributed by atoms with Gasteiger partial charge in [0, 0.05) is 31.7 Å². The van der Waals surface area contributed by atoms with E-state index in [1.807, 2.05) is 29.2 Å². The largest absolute Gasteiger partial charge is 0.355 e. The Morgan fingerprint density at radius 2 is 1.82 bits per heavy atom. The lowest BCUT2D eigenvalue weighted by molar-refractivity contribution is -0.125. The Morgan fingerprint density at radius 3 is 2.58 bits per heavy atom. The number of fused-ring (bicyclic) bond motifs is 2. The molecule has 2 aromatic rings. The van der Waals surface area contributed by atoms with Crippen molar-refractivity contribution in [3.8, 4) is 0 Å². The van der Waals surface area contributed by atoms with Crippen LogP contribution in [0.25, 0.3) is 0 Å². The maximum atomic E-state index is 13.1. The zero-order chi connectivity index (χ0) is 22.7. The number of carbonyl (C=O) groups excluding carboxylic acids is 2. The van der Waals surface area contributed by atoms with E-state index < -0.39 is 0 Å². The first-order valence-corrected chi connectivity index (χ1v) is 12.6.